The Hall–Kier alpha value is -2.50. The van der Waals surface area contributed by atoms with Crippen LogP contribution in [0.3, 0.4) is 0 Å². The molecule has 2 aromatic carbocycles. The minimum atomic E-state index is -2.67. The second-order valence-electron chi connectivity index (χ2n) is 12.5. The van der Waals surface area contributed by atoms with Crippen LogP contribution in [0.4, 0.5) is 0 Å². The lowest BCUT2D eigenvalue weighted by Crippen LogP contribution is -2.67. The van der Waals surface area contributed by atoms with Gasteiger partial charge in [0, 0.05) is 19.4 Å². The summed E-state index contributed by atoms with van der Waals surface area (Å²) in [5.41, 5.74) is 0. The van der Waals surface area contributed by atoms with Gasteiger partial charge in [-0.3, -0.25) is 9.59 Å². The molecule has 4 nitrogen and oxygen atoms in total. The van der Waals surface area contributed by atoms with Gasteiger partial charge in [0.1, 0.15) is 11.9 Å². The third kappa shape index (κ3) is 6.46. The zero-order valence-electron chi connectivity index (χ0n) is 24.4. The second-order valence-corrected chi connectivity index (χ2v) is 16.7. The molecule has 0 heterocycles. The Labute approximate surface area is 236 Å². The van der Waals surface area contributed by atoms with Crippen molar-refractivity contribution in [2.45, 2.75) is 96.8 Å². The van der Waals surface area contributed by atoms with Crippen LogP contribution in [0.1, 0.15) is 79.6 Å². The van der Waals surface area contributed by atoms with E-state index >= 15 is 0 Å². The minimum Gasteiger partial charge on any atom is -0.458 e. The fraction of sp³-hybridized carbons (Fsp3) is 0.529. The number of ether oxygens (including phenoxy) is 1. The Morgan fingerprint density at radius 2 is 1.62 bits per heavy atom. The standard InChI is InChI=1S/C34H46O4Si/c1-6-7-8-9-16-21-32(37-25(2)35)33-30-24-27(22-26(30)23-31(33)36)38-39(34(3,4)5,28-17-12-10-13-18-28)29-19-14-11-15-20-29/h10-21,26-27,30,32-33H,6-9,22-24H2,1-5H3/b21-16+/t26-,27-,30-,32+,33+/m0/s1. The predicted octanol–water partition coefficient (Wildman–Crippen LogP) is 6.62. The van der Waals surface area contributed by atoms with Gasteiger partial charge in [0.15, 0.2) is 0 Å². The highest BCUT2D eigenvalue weighted by molar-refractivity contribution is 6.99. The van der Waals surface area contributed by atoms with Crippen LogP contribution in [0, 0.1) is 17.8 Å². The zero-order valence-corrected chi connectivity index (χ0v) is 25.4. The van der Waals surface area contributed by atoms with Crippen molar-refractivity contribution in [3.05, 3.63) is 72.8 Å². The molecule has 2 aliphatic rings. The third-order valence-corrected chi connectivity index (χ3v) is 13.8. The molecule has 2 fully saturated rings. The van der Waals surface area contributed by atoms with Crippen LogP contribution >= 0.6 is 0 Å². The number of benzene rings is 2. The Balaban J connectivity index is 1.62. The van der Waals surface area contributed by atoms with E-state index in [1.165, 1.54) is 30.1 Å². The molecule has 2 saturated carbocycles. The van der Waals surface area contributed by atoms with Gasteiger partial charge in [0.25, 0.3) is 8.32 Å². The first kappa shape index (κ1) is 29.5. The molecule has 2 aromatic rings. The summed E-state index contributed by atoms with van der Waals surface area (Å²) in [5.74, 6) is 0.0719. The van der Waals surface area contributed by atoms with Gasteiger partial charge in [0.2, 0.25) is 0 Å². The van der Waals surface area contributed by atoms with Crippen molar-refractivity contribution in [2.24, 2.45) is 17.8 Å². The molecule has 5 atom stereocenters. The highest BCUT2D eigenvalue weighted by atomic mass is 28.4. The molecule has 0 aliphatic heterocycles. The van der Waals surface area contributed by atoms with Crippen molar-refractivity contribution >= 4 is 30.4 Å². The van der Waals surface area contributed by atoms with E-state index in [1.54, 1.807) is 0 Å². The molecule has 4 rings (SSSR count). The summed E-state index contributed by atoms with van der Waals surface area (Å²) in [6.45, 7) is 10.6. The maximum atomic E-state index is 13.3. The number of fused-ring (bicyclic) bond motifs is 1. The number of esters is 1. The topological polar surface area (TPSA) is 52.6 Å². The smallest absolute Gasteiger partial charge is 0.303 e. The Morgan fingerprint density at radius 1 is 1.00 bits per heavy atom. The molecule has 5 heteroatoms. The monoisotopic (exact) mass is 546 g/mol. The van der Waals surface area contributed by atoms with Crippen molar-refractivity contribution < 1.29 is 18.8 Å². The number of carbonyl (C=O) groups excluding carboxylic acids is 2. The molecule has 0 amide bonds. The molecule has 0 bridgehead atoms. The number of ketones is 1. The van der Waals surface area contributed by atoms with Crippen molar-refractivity contribution in [1.82, 2.24) is 0 Å². The Bertz CT molecular complexity index is 1080. The van der Waals surface area contributed by atoms with Crippen LogP contribution in [0.15, 0.2) is 72.8 Å². The number of hydrogen-bond acceptors (Lipinski definition) is 4. The lowest BCUT2D eigenvalue weighted by Gasteiger charge is -2.45. The SMILES string of the molecule is CCCCC/C=C/[C@@H](OC(C)=O)[C@H]1C(=O)C[C@@H]2C[C@H](O[Si](c3ccccc3)(c3ccccc3)C(C)(C)C)C[C@@H]21. The van der Waals surface area contributed by atoms with E-state index in [1.807, 2.05) is 6.08 Å². The first-order chi connectivity index (χ1) is 18.7. The van der Waals surface area contributed by atoms with Gasteiger partial charge in [-0.05, 0) is 59.0 Å². The number of rotatable bonds is 11. The van der Waals surface area contributed by atoms with Crippen LogP contribution in [-0.4, -0.2) is 32.3 Å². The van der Waals surface area contributed by atoms with Crippen molar-refractivity contribution in [3.63, 3.8) is 0 Å². The van der Waals surface area contributed by atoms with Crippen molar-refractivity contribution in [2.75, 3.05) is 0 Å². The van der Waals surface area contributed by atoms with Gasteiger partial charge < -0.3 is 9.16 Å². The molecule has 2 aliphatic carbocycles. The van der Waals surface area contributed by atoms with Crippen LogP contribution in [-0.2, 0) is 18.8 Å². The van der Waals surface area contributed by atoms with E-state index in [0.29, 0.717) is 6.42 Å². The lowest BCUT2D eigenvalue weighted by molar-refractivity contribution is -0.148. The fourth-order valence-corrected chi connectivity index (χ4v) is 11.8. The molecular formula is C34H46O4Si. The van der Waals surface area contributed by atoms with Gasteiger partial charge in [-0.1, -0.05) is 107 Å². The minimum absolute atomic E-state index is 0.0633. The first-order valence-electron chi connectivity index (χ1n) is 14.8. The predicted molar refractivity (Wildman–Crippen MR) is 161 cm³/mol. The molecule has 210 valence electrons. The molecule has 0 N–H and O–H groups in total. The first-order valence-corrected chi connectivity index (χ1v) is 16.7. The largest absolute Gasteiger partial charge is 0.458 e. The molecule has 39 heavy (non-hydrogen) atoms. The summed E-state index contributed by atoms with van der Waals surface area (Å²) in [6, 6.07) is 21.5. The van der Waals surface area contributed by atoms with E-state index in [9.17, 15) is 9.59 Å². The van der Waals surface area contributed by atoms with Gasteiger partial charge in [-0.2, -0.15) is 0 Å². The Morgan fingerprint density at radius 3 is 2.15 bits per heavy atom. The van der Waals surface area contributed by atoms with Crippen LogP contribution in [0.25, 0.3) is 0 Å². The quantitative estimate of drug-likeness (QED) is 0.138. The summed E-state index contributed by atoms with van der Waals surface area (Å²) in [6.07, 6.45) is 10.3. The molecule has 0 radical (unpaired) electrons. The molecule has 0 spiro atoms. The maximum Gasteiger partial charge on any atom is 0.303 e. The van der Waals surface area contributed by atoms with Gasteiger partial charge >= 0.3 is 5.97 Å². The van der Waals surface area contributed by atoms with E-state index in [-0.39, 0.29) is 40.6 Å². The third-order valence-electron chi connectivity index (χ3n) is 8.72. The summed E-state index contributed by atoms with van der Waals surface area (Å²) >= 11 is 0. The zero-order chi connectivity index (χ0) is 28.0. The highest BCUT2D eigenvalue weighted by Crippen LogP contribution is 2.50. The maximum absolute atomic E-state index is 13.3. The summed E-state index contributed by atoms with van der Waals surface area (Å²) in [4.78, 5) is 25.3. The van der Waals surface area contributed by atoms with Gasteiger partial charge in [-0.15, -0.1) is 0 Å². The molecular weight excluding hydrogens is 500 g/mol. The van der Waals surface area contributed by atoms with E-state index in [4.69, 9.17) is 9.16 Å². The lowest BCUT2D eigenvalue weighted by atomic mass is 9.86. The van der Waals surface area contributed by atoms with Crippen molar-refractivity contribution in [3.8, 4) is 0 Å². The summed E-state index contributed by atoms with van der Waals surface area (Å²) < 4.78 is 13.2. The van der Waals surface area contributed by atoms with E-state index < -0.39 is 14.4 Å². The average Bonchev–Trinajstić information content (AvgIpc) is 3.42. The van der Waals surface area contributed by atoms with Crippen LogP contribution in [0.2, 0.25) is 5.04 Å². The number of hydrogen-bond donors (Lipinski definition) is 0. The molecule has 0 saturated heterocycles. The average molecular weight is 547 g/mol. The normalized spacial score (nSPS) is 24.2. The molecule has 0 aromatic heterocycles. The van der Waals surface area contributed by atoms with E-state index in [2.05, 4.69) is 94.4 Å². The molecule has 0 unspecified atom stereocenters. The number of allylic oxidation sites excluding steroid dienone is 1. The summed E-state index contributed by atoms with van der Waals surface area (Å²) in [7, 11) is -2.67. The van der Waals surface area contributed by atoms with Crippen LogP contribution < -0.4 is 10.4 Å². The summed E-state index contributed by atoms with van der Waals surface area (Å²) in [5, 5.41) is 2.46. The van der Waals surface area contributed by atoms with Gasteiger partial charge in [0.05, 0.1) is 5.92 Å². The van der Waals surface area contributed by atoms with Crippen molar-refractivity contribution in [1.29, 1.82) is 0 Å². The van der Waals surface area contributed by atoms with Crippen LogP contribution in [0.5, 0.6) is 0 Å². The Kier molecular flexibility index (Phi) is 9.66. The fourth-order valence-electron chi connectivity index (χ4n) is 7.04. The number of unbranched alkanes of at least 4 members (excludes halogenated alkanes) is 3. The van der Waals surface area contributed by atoms with Gasteiger partial charge in [-0.25, -0.2) is 0 Å². The number of Topliss-reactive ketones (excluding diaryl/α,β-unsaturated/α-hetero) is 1. The second kappa shape index (κ2) is 12.8. The number of carbonyl (C=O) groups is 2. The van der Waals surface area contributed by atoms with E-state index in [0.717, 1.165) is 25.7 Å². The highest BCUT2D eigenvalue weighted by Gasteiger charge is 2.56.